The lowest BCUT2D eigenvalue weighted by Gasteiger charge is -2.10. The van der Waals surface area contributed by atoms with Crippen molar-refractivity contribution in [2.75, 3.05) is 17.7 Å². The standard InChI is InChI=1S/C23H18N8O3S/c1-34-17-11-9-14(10-12-17)24-20-28-21(25-15-5-4-6-16(13-15)31(32)33)30-23(29-20)35-22-26-18-7-2-3-8-19(18)27-22/h2-13H,1H3,(H,26,27)(H2,24,25,28,29,30). The van der Waals surface area contributed by atoms with Gasteiger partial charge in [0.25, 0.3) is 5.69 Å². The molecule has 2 aromatic heterocycles. The Morgan fingerprint density at radius 3 is 2.34 bits per heavy atom. The summed E-state index contributed by atoms with van der Waals surface area (Å²) >= 11 is 1.24. The fourth-order valence-electron chi connectivity index (χ4n) is 3.21. The average molecular weight is 487 g/mol. The van der Waals surface area contributed by atoms with Gasteiger partial charge < -0.3 is 20.4 Å². The zero-order valence-electron chi connectivity index (χ0n) is 18.3. The lowest BCUT2D eigenvalue weighted by molar-refractivity contribution is -0.384. The number of nitro benzene ring substituents is 1. The van der Waals surface area contributed by atoms with E-state index in [1.54, 1.807) is 19.2 Å². The van der Waals surface area contributed by atoms with Gasteiger partial charge in [-0.3, -0.25) is 10.1 Å². The van der Waals surface area contributed by atoms with Crippen LogP contribution in [0.5, 0.6) is 5.75 Å². The fraction of sp³-hybridized carbons (Fsp3) is 0.0435. The van der Waals surface area contributed by atoms with Gasteiger partial charge in [-0.05, 0) is 54.2 Å². The van der Waals surface area contributed by atoms with Crippen LogP contribution in [-0.2, 0) is 0 Å². The highest BCUT2D eigenvalue weighted by molar-refractivity contribution is 7.99. The molecule has 5 rings (SSSR count). The molecule has 174 valence electrons. The van der Waals surface area contributed by atoms with E-state index in [2.05, 4.69) is 35.6 Å². The summed E-state index contributed by atoms with van der Waals surface area (Å²) in [6.45, 7) is 0. The van der Waals surface area contributed by atoms with Gasteiger partial charge in [-0.1, -0.05) is 18.2 Å². The summed E-state index contributed by atoms with van der Waals surface area (Å²) in [5.41, 5.74) is 2.90. The van der Waals surface area contributed by atoms with Crippen LogP contribution in [0.3, 0.4) is 0 Å². The molecule has 5 aromatic rings. The predicted molar refractivity (Wildman–Crippen MR) is 133 cm³/mol. The van der Waals surface area contributed by atoms with E-state index >= 15 is 0 Å². The van der Waals surface area contributed by atoms with E-state index in [4.69, 9.17) is 4.74 Å². The summed E-state index contributed by atoms with van der Waals surface area (Å²) in [4.78, 5) is 31.9. The van der Waals surface area contributed by atoms with Crippen molar-refractivity contribution in [3.05, 3.63) is 82.9 Å². The van der Waals surface area contributed by atoms with Crippen molar-refractivity contribution < 1.29 is 9.66 Å². The third-order valence-corrected chi connectivity index (χ3v) is 5.58. The number of hydrogen-bond donors (Lipinski definition) is 3. The molecule has 0 fully saturated rings. The number of nitrogens with zero attached hydrogens (tertiary/aromatic N) is 5. The zero-order valence-corrected chi connectivity index (χ0v) is 19.1. The maximum atomic E-state index is 11.1. The molecule has 0 radical (unpaired) electrons. The van der Waals surface area contributed by atoms with Crippen LogP contribution in [0, 0.1) is 10.1 Å². The normalized spacial score (nSPS) is 10.8. The molecular formula is C23H18N8O3S. The Labute approximate surface area is 203 Å². The number of hydrogen-bond acceptors (Lipinski definition) is 10. The third-order valence-electron chi connectivity index (χ3n) is 4.83. The highest BCUT2D eigenvalue weighted by atomic mass is 32.2. The molecule has 11 nitrogen and oxygen atoms in total. The maximum absolute atomic E-state index is 11.1. The van der Waals surface area contributed by atoms with E-state index < -0.39 is 4.92 Å². The van der Waals surface area contributed by atoms with Crippen LogP contribution in [-0.4, -0.2) is 37.0 Å². The molecule has 0 amide bonds. The minimum absolute atomic E-state index is 0.0440. The van der Waals surface area contributed by atoms with Crippen LogP contribution in [0.15, 0.2) is 83.1 Å². The molecule has 0 saturated carbocycles. The Balaban J connectivity index is 1.47. The van der Waals surface area contributed by atoms with Gasteiger partial charge in [0.15, 0.2) is 5.16 Å². The van der Waals surface area contributed by atoms with Crippen molar-refractivity contribution >= 4 is 51.8 Å². The average Bonchev–Trinajstić information content (AvgIpc) is 3.27. The van der Waals surface area contributed by atoms with Crippen LogP contribution in [0.4, 0.5) is 29.0 Å². The Hall–Kier alpha value is -4.71. The molecule has 0 unspecified atom stereocenters. The Morgan fingerprint density at radius 2 is 1.63 bits per heavy atom. The number of benzene rings is 3. The van der Waals surface area contributed by atoms with Gasteiger partial charge in [0, 0.05) is 23.5 Å². The second kappa shape index (κ2) is 9.65. The molecule has 35 heavy (non-hydrogen) atoms. The van der Waals surface area contributed by atoms with Gasteiger partial charge in [-0.25, -0.2) is 4.98 Å². The second-order valence-electron chi connectivity index (χ2n) is 7.21. The van der Waals surface area contributed by atoms with Crippen LogP contribution in [0.1, 0.15) is 0 Å². The molecule has 12 heteroatoms. The molecule has 0 saturated heterocycles. The lowest BCUT2D eigenvalue weighted by atomic mass is 10.3. The number of nitro groups is 1. The Morgan fingerprint density at radius 1 is 0.886 bits per heavy atom. The number of H-pyrrole nitrogens is 1. The summed E-state index contributed by atoms with van der Waals surface area (Å²) in [7, 11) is 1.60. The van der Waals surface area contributed by atoms with E-state index in [-0.39, 0.29) is 17.6 Å². The highest BCUT2D eigenvalue weighted by Crippen LogP contribution is 2.28. The maximum Gasteiger partial charge on any atom is 0.271 e. The van der Waals surface area contributed by atoms with Crippen molar-refractivity contribution in [3.63, 3.8) is 0 Å². The monoisotopic (exact) mass is 486 g/mol. The SMILES string of the molecule is COc1ccc(Nc2nc(Nc3cccc([N+](=O)[O-])c3)nc(Sc3nc4ccccc4[nH]3)n2)cc1. The molecule has 0 atom stereocenters. The summed E-state index contributed by atoms with van der Waals surface area (Å²) in [5, 5.41) is 18.3. The number of aromatic nitrogens is 5. The van der Waals surface area contributed by atoms with E-state index in [0.717, 1.165) is 22.5 Å². The number of methoxy groups -OCH3 is 1. The van der Waals surface area contributed by atoms with Crippen LogP contribution in [0.2, 0.25) is 0 Å². The Kier molecular flexibility index (Phi) is 6.09. The fourth-order valence-corrected chi connectivity index (χ4v) is 3.95. The van der Waals surface area contributed by atoms with Crippen molar-refractivity contribution in [2.24, 2.45) is 0 Å². The largest absolute Gasteiger partial charge is 0.497 e. The van der Waals surface area contributed by atoms with Crippen LogP contribution in [0.25, 0.3) is 11.0 Å². The van der Waals surface area contributed by atoms with Crippen molar-refractivity contribution in [1.29, 1.82) is 0 Å². The number of nitrogens with one attached hydrogen (secondary N) is 3. The van der Waals surface area contributed by atoms with Gasteiger partial charge in [0.1, 0.15) is 5.75 Å². The molecule has 0 aliphatic rings. The van der Waals surface area contributed by atoms with Crippen molar-refractivity contribution in [3.8, 4) is 5.75 Å². The van der Waals surface area contributed by atoms with Crippen LogP contribution >= 0.6 is 11.8 Å². The first kappa shape index (κ1) is 22.1. The summed E-state index contributed by atoms with van der Waals surface area (Å²) in [6, 6.07) is 21.1. The minimum atomic E-state index is -0.460. The Bertz CT molecular complexity index is 1470. The van der Waals surface area contributed by atoms with E-state index in [9.17, 15) is 10.1 Å². The van der Waals surface area contributed by atoms with Gasteiger partial charge in [-0.15, -0.1) is 0 Å². The third kappa shape index (κ3) is 5.28. The van der Waals surface area contributed by atoms with Crippen molar-refractivity contribution in [1.82, 2.24) is 24.9 Å². The first-order valence-corrected chi connectivity index (χ1v) is 11.2. The molecular weight excluding hydrogens is 468 g/mol. The molecule has 0 aliphatic heterocycles. The molecule has 3 aromatic carbocycles. The number of ether oxygens (including phenoxy) is 1. The highest BCUT2D eigenvalue weighted by Gasteiger charge is 2.13. The first-order valence-electron chi connectivity index (χ1n) is 10.4. The number of imidazole rings is 1. The molecule has 0 spiro atoms. The van der Waals surface area contributed by atoms with E-state index in [0.29, 0.717) is 16.0 Å². The topological polar surface area (TPSA) is 144 Å². The molecule has 2 heterocycles. The molecule has 0 bridgehead atoms. The van der Waals surface area contributed by atoms with Gasteiger partial charge in [0.05, 0.1) is 23.1 Å². The quantitative estimate of drug-likeness (QED) is 0.195. The number of fused-ring (bicyclic) bond motifs is 1. The van der Waals surface area contributed by atoms with Gasteiger partial charge in [-0.2, -0.15) is 15.0 Å². The lowest BCUT2D eigenvalue weighted by Crippen LogP contribution is -2.05. The zero-order chi connectivity index (χ0) is 24.2. The number of para-hydroxylation sites is 2. The summed E-state index contributed by atoms with van der Waals surface area (Å²) < 4.78 is 5.20. The molecule has 3 N–H and O–H groups in total. The number of rotatable bonds is 8. The number of anilines is 4. The van der Waals surface area contributed by atoms with Crippen molar-refractivity contribution in [2.45, 2.75) is 10.3 Å². The van der Waals surface area contributed by atoms with E-state index in [1.807, 2.05) is 48.5 Å². The van der Waals surface area contributed by atoms with Crippen LogP contribution < -0.4 is 15.4 Å². The summed E-state index contributed by atoms with van der Waals surface area (Å²) in [6.07, 6.45) is 0. The minimum Gasteiger partial charge on any atom is -0.497 e. The van der Waals surface area contributed by atoms with E-state index in [1.165, 1.54) is 23.9 Å². The number of non-ortho nitro benzene ring substituents is 1. The van der Waals surface area contributed by atoms with Gasteiger partial charge >= 0.3 is 0 Å². The van der Waals surface area contributed by atoms with Gasteiger partial charge in [0.2, 0.25) is 17.1 Å². The summed E-state index contributed by atoms with van der Waals surface area (Å²) in [5.74, 6) is 1.23. The predicted octanol–water partition coefficient (Wildman–Crippen LogP) is 5.30. The second-order valence-corrected chi connectivity index (χ2v) is 8.17. The smallest absolute Gasteiger partial charge is 0.271 e. The molecule has 0 aliphatic carbocycles. The number of aromatic amines is 1. The first-order chi connectivity index (χ1) is 17.1.